The molecule has 1 heterocycles. The van der Waals surface area contributed by atoms with Crippen LogP contribution in [0.4, 0.5) is 0 Å². The fourth-order valence-electron chi connectivity index (χ4n) is 1.58. The lowest BCUT2D eigenvalue weighted by molar-refractivity contribution is -0.122. The fraction of sp³-hybridized carbons (Fsp3) is 0.636. The van der Waals surface area contributed by atoms with Crippen LogP contribution in [0.25, 0.3) is 0 Å². The van der Waals surface area contributed by atoms with E-state index >= 15 is 0 Å². The molecule has 0 bridgehead atoms. The van der Waals surface area contributed by atoms with Crippen LogP contribution < -0.4 is 10.6 Å². The minimum atomic E-state index is -0.0371. The number of hydrogen-bond acceptors (Lipinski definition) is 4. The quantitative estimate of drug-likeness (QED) is 0.690. The summed E-state index contributed by atoms with van der Waals surface area (Å²) >= 11 is 0. The zero-order valence-electron chi connectivity index (χ0n) is 10.6. The minimum absolute atomic E-state index is 0.0174. The summed E-state index contributed by atoms with van der Waals surface area (Å²) in [6.45, 7) is 3.35. The lowest BCUT2D eigenvalue weighted by Gasteiger charge is -2.13. The highest BCUT2D eigenvalue weighted by Gasteiger charge is 2.09. The Labute approximate surface area is 101 Å². The molecule has 2 N–H and O–H groups in total. The van der Waals surface area contributed by atoms with Crippen molar-refractivity contribution in [2.45, 2.75) is 26.1 Å². The third-order valence-corrected chi connectivity index (χ3v) is 2.27. The third-order valence-electron chi connectivity index (χ3n) is 2.27. The van der Waals surface area contributed by atoms with Gasteiger partial charge in [0.2, 0.25) is 5.91 Å². The van der Waals surface area contributed by atoms with Crippen molar-refractivity contribution < 1.29 is 9.53 Å². The molecule has 0 spiro atoms. The largest absolute Gasteiger partial charge is 0.383 e. The third kappa shape index (κ3) is 4.54. The first-order valence-corrected chi connectivity index (χ1v) is 5.60. The predicted octanol–water partition coefficient (Wildman–Crippen LogP) is -0.246. The first-order chi connectivity index (χ1) is 8.17. The summed E-state index contributed by atoms with van der Waals surface area (Å²) in [5.74, 6) is 0.812. The molecule has 0 saturated carbocycles. The van der Waals surface area contributed by atoms with Crippen molar-refractivity contribution in [3.63, 3.8) is 0 Å². The van der Waals surface area contributed by atoms with Crippen LogP contribution in [0, 0.1) is 0 Å². The molecular formula is C11H20N4O2. The molecule has 6 heteroatoms. The Hall–Kier alpha value is -1.40. The molecule has 96 valence electrons. The van der Waals surface area contributed by atoms with E-state index in [0.29, 0.717) is 13.2 Å². The average Bonchev–Trinajstić information content (AvgIpc) is 2.66. The van der Waals surface area contributed by atoms with Crippen LogP contribution in [0.3, 0.4) is 0 Å². The van der Waals surface area contributed by atoms with Crippen molar-refractivity contribution in [1.29, 1.82) is 0 Å². The molecule has 0 aliphatic rings. The van der Waals surface area contributed by atoms with E-state index in [1.54, 1.807) is 19.5 Å². The highest BCUT2D eigenvalue weighted by atomic mass is 16.5. The van der Waals surface area contributed by atoms with Gasteiger partial charge in [-0.05, 0) is 14.0 Å². The van der Waals surface area contributed by atoms with Gasteiger partial charge in [-0.15, -0.1) is 0 Å². The van der Waals surface area contributed by atoms with E-state index in [2.05, 4.69) is 15.6 Å². The summed E-state index contributed by atoms with van der Waals surface area (Å²) in [7, 11) is 3.46. The Morgan fingerprint density at radius 3 is 3.06 bits per heavy atom. The fourth-order valence-corrected chi connectivity index (χ4v) is 1.58. The number of hydrogen-bond donors (Lipinski definition) is 2. The SMILES string of the molecule is CNCc1nccn1CC(=O)NC(C)COC. The zero-order chi connectivity index (χ0) is 12.7. The summed E-state index contributed by atoms with van der Waals surface area (Å²) in [5, 5.41) is 5.87. The van der Waals surface area contributed by atoms with Crippen LogP contribution >= 0.6 is 0 Å². The van der Waals surface area contributed by atoms with Crippen LogP contribution in [0.1, 0.15) is 12.7 Å². The molecule has 1 amide bonds. The maximum atomic E-state index is 11.7. The molecule has 17 heavy (non-hydrogen) atoms. The van der Waals surface area contributed by atoms with E-state index in [-0.39, 0.29) is 18.5 Å². The zero-order valence-corrected chi connectivity index (χ0v) is 10.6. The average molecular weight is 240 g/mol. The predicted molar refractivity (Wildman–Crippen MR) is 64.5 cm³/mol. The Balaban J connectivity index is 2.47. The second-order valence-corrected chi connectivity index (χ2v) is 3.93. The van der Waals surface area contributed by atoms with Gasteiger partial charge < -0.3 is 19.9 Å². The Bertz CT molecular complexity index is 351. The molecule has 0 aromatic carbocycles. The van der Waals surface area contributed by atoms with E-state index in [9.17, 15) is 4.79 Å². The van der Waals surface area contributed by atoms with Gasteiger partial charge in [0.05, 0.1) is 13.2 Å². The van der Waals surface area contributed by atoms with Crippen molar-refractivity contribution >= 4 is 5.91 Å². The first kappa shape index (κ1) is 13.7. The number of nitrogens with zero attached hydrogens (tertiary/aromatic N) is 2. The molecule has 0 fully saturated rings. The van der Waals surface area contributed by atoms with Gasteiger partial charge in [-0.3, -0.25) is 4.79 Å². The normalized spacial score (nSPS) is 12.4. The van der Waals surface area contributed by atoms with Gasteiger partial charge in [0.1, 0.15) is 12.4 Å². The van der Waals surface area contributed by atoms with E-state index in [1.807, 2.05) is 18.5 Å². The summed E-state index contributed by atoms with van der Waals surface area (Å²) < 4.78 is 6.78. The standard InChI is InChI=1S/C11H20N4O2/c1-9(8-17-3)14-11(16)7-15-5-4-13-10(15)6-12-2/h4-5,9,12H,6-8H2,1-3H3,(H,14,16). The highest BCUT2D eigenvalue weighted by molar-refractivity contribution is 5.76. The number of amides is 1. The molecule has 0 aliphatic carbocycles. The van der Waals surface area contributed by atoms with Crippen LogP contribution in [-0.4, -0.2) is 42.3 Å². The second kappa shape index (κ2) is 7.03. The molecule has 0 radical (unpaired) electrons. The van der Waals surface area contributed by atoms with Gasteiger partial charge in [0.25, 0.3) is 0 Å². The summed E-state index contributed by atoms with van der Waals surface area (Å²) in [4.78, 5) is 15.9. The highest BCUT2D eigenvalue weighted by Crippen LogP contribution is 1.97. The maximum absolute atomic E-state index is 11.7. The Morgan fingerprint density at radius 1 is 1.65 bits per heavy atom. The topological polar surface area (TPSA) is 68.2 Å². The van der Waals surface area contributed by atoms with Crippen molar-refractivity contribution in [2.75, 3.05) is 20.8 Å². The van der Waals surface area contributed by atoms with Crippen molar-refractivity contribution in [2.24, 2.45) is 0 Å². The van der Waals surface area contributed by atoms with Gasteiger partial charge in [-0.2, -0.15) is 0 Å². The molecule has 0 aliphatic heterocycles. The van der Waals surface area contributed by atoms with Gasteiger partial charge in [-0.25, -0.2) is 4.98 Å². The molecule has 1 rings (SSSR count). The van der Waals surface area contributed by atoms with E-state index < -0.39 is 0 Å². The van der Waals surface area contributed by atoms with Crippen molar-refractivity contribution in [1.82, 2.24) is 20.2 Å². The smallest absolute Gasteiger partial charge is 0.240 e. The second-order valence-electron chi connectivity index (χ2n) is 3.93. The van der Waals surface area contributed by atoms with E-state index in [0.717, 1.165) is 5.82 Å². The minimum Gasteiger partial charge on any atom is -0.383 e. The van der Waals surface area contributed by atoms with Crippen LogP contribution in [0.5, 0.6) is 0 Å². The van der Waals surface area contributed by atoms with Crippen molar-refractivity contribution in [3.8, 4) is 0 Å². The van der Waals surface area contributed by atoms with Crippen LogP contribution in [0.2, 0.25) is 0 Å². The van der Waals surface area contributed by atoms with Crippen LogP contribution in [-0.2, 0) is 22.6 Å². The molecule has 1 aromatic heterocycles. The number of ether oxygens (including phenoxy) is 1. The number of nitrogens with one attached hydrogen (secondary N) is 2. The number of carbonyl (C=O) groups excluding carboxylic acids is 1. The Morgan fingerprint density at radius 2 is 2.41 bits per heavy atom. The van der Waals surface area contributed by atoms with Crippen LogP contribution in [0.15, 0.2) is 12.4 Å². The lowest BCUT2D eigenvalue weighted by atomic mass is 10.3. The summed E-state index contributed by atoms with van der Waals surface area (Å²) in [6, 6.07) is 0.0174. The molecule has 0 saturated heterocycles. The number of aromatic nitrogens is 2. The van der Waals surface area contributed by atoms with Gasteiger partial charge in [-0.1, -0.05) is 0 Å². The molecule has 1 atom stereocenters. The van der Waals surface area contributed by atoms with Crippen molar-refractivity contribution in [3.05, 3.63) is 18.2 Å². The maximum Gasteiger partial charge on any atom is 0.240 e. The Kier molecular flexibility index (Phi) is 5.65. The lowest BCUT2D eigenvalue weighted by Crippen LogP contribution is -2.38. The van der Waals surface area contributed by atoms with Gasteiger partial charge in [0.15, 0.2) is 0 Å². The number of carbonyl (C=O) groups is 1. The number of imidazole rings is 1. The molecular weight excluding hydrogens is 220 g/mol. The summed E-state index contributed by atoms with van der Waals surface area (Å²) in [6.07, 6.45) is 3.49. The van der Waals surface area contributed by atoms with Gasteiger partial charge in [0, 0.05) is 25.5 Å². The van der Waals surface area contributed by atoms with Gasteiger partial charge >= 0.3 is 0 Å². The molecule has 1 unspecified atom stereocenters. The first-order valence-electron chi connectivity index (χ1n) is 5.60. The van der Waals surface area contributed by atoms with E-state index in [4.69, 9.17) is 4.74 Å². The van der Waals surface area contributed by atoms with E-state index in [1.165, 1.54) is 0 Å². The monoisotopic (exact) mass is 240 g/mol. The molecule has 6 nitrogen and oxygen atoms in total. The molecule has 1 aromatic rings. The summed E-state index contributed by atoms with van der Waals surface area (Å²) in [5.41, 5.74) is 0. The number of rotatable bonds is 7. The number of methoxy groups -OCH3 is 1.